The highest BCUT2D eigenvalue weighted by molar-refractivity contribution is 7.25. The first kappa shape index (κ1) is 36.9. The number of fused-ring (bicyclic) bond motifs is 9. The van der Waals surface area contributed by atoms with Crippen LogP contribution in [0.15, 0.2) is 243 Å². The highest BCUT2D eigenvalue weighted by atomic mass is 32.1. The standard InChI is InChI=1S/C60H40N2SSi/c1-4-16-45(17-5-1)64(46-18-6-2-7-19-46,47-20-8-3-9-21-47)48-33-30-43(31-34-48)61-55-25-13-10-22-49(55)51-36-32-44(40-58(51)61)62-56-26-14-11-23-50(56)54-38-41(29-37-57(54)62)42-28-35-53-52-24-12-15-27-59(52)63-60(53)39-42/h1-40H. The van der Waals surface area contributed by atoms with Crippen LogP contribution < -0.4 is 20.7 Å². The van der Waals surface area contributed by atoms with Gasteiger partial charge in [0, 0.05) is 53.1 Å². The average Bonchev–Trinajstić information content (AvgIpc) is 4.02. The van der Waals surface area contributed by atoms with Gasteiger partial charge in [-0.25, -0.2) is 0 Å². The lowest BCUT2D eigenvalue weighted by Crippen LogP contribution is -2.74. The van der Waals surface area contributed by atoms with Crippen molar-refractivity contribution in [2.24, 2.45) is 0 Å². The number of nitrogens with zero attached hydrogens (tertiary/aromatic N) is 2. The van der Waals surface area contributed by atoms with Gasteiger partial charge in [-0.2, -0.15) is 0 Å². The highest BCUT2D eigenvalue weighted by Crippen LogP contribution is 2.40. The zero-order valence-corrected chi connectivity index (χ0v) is 36.7. The number of para-hydroxylation sites is 2. The van der Waals surface area contributed by atoms with Gasteiger partial charge < -0.3 is 9.13 Å². The second-order valence-electron chi connectivity index (χ2n) is 16.8. The van der Waals surface area contributed by atoms with Gasteiger partial charge in [-0.05, 0) is 92.5 Å². The van der Waals surface area contributed by atoms with Gasteiger partial charge in [-0.3, -0.25) is 0 Å². The number of rotatable bonds is 7. The molecule has 2 nitrogen and oxygen atoms in total. The van der Waals surface area contributed by atoms with Gasteiger partial charge in [0.05, 0.1) is 22.1 Å². The Hall–Kier alpha value is -7.76. The molecular formula is C60H40N2SSi. The van der Waals surface area contributed by atoms with E-state index in [0.717, 1.165) is 11.4 Å². The van der Waals surface area contributed by atoms with Crippen LogP contribution in [0.25, 0.3) is 86.3 Å². The van der Waals surface area contributed by atoms with Crippen molar-refractivity contribution in [3.8, 4) is 22.5 Å². The summed E-state index contributed by atoms with van der Waals surface area (Å²) in [5, 5.41) is 13.1. The van der Waals surface area contributed by atoms with Crippen LogP contribution in [0.3, 0.4) is 0 Å². The zero-order chi connectivity index (χ0) is 42.2. The quantitative estimate of drug-likeness (QED) is 0.112. The molecule has 300 valence electrons. The van der Waals surface area contributed by atoms with Crippen LogP contribution in [0.2, 0.25) is 0 Å². The maximum absolute atomic E-state index is 2.67. The Morgan fingerprint density at radius 1 is 0.266 bits per heavy atom. The fourth-order valence-corrected chi connectivity index (χ4v) is 16.5. The molecule has 0 aliphatic heterocycles. The van der Waals surface area contributed by atoms with E-state index in [-0.39, 0.29) is 0 Å². The minimum atomic E-state index is -2.67. The molecule has 64 heavy (non-hydrogen) atoms. The smallest absolute Gasteiger partial charge is 0.179 e. The van der Waals surface area contributed by atoms with Crippen molar-refractivity contribution in [1.82, 2.24) is 9.13 Å². The third kappa shape index (κ3) is 5.56. The molecule has 3 aromatic heterocycles. The highest BCUT2D eigenvalue weighted by Gasteiger charge is 2.41. The fraction of sp³-hybridized carbons (Fsp3) is 0. The van der Waals surface area contributed by atoms with Crippen molar-refractivity contribution in [3.05, 3.63) is 243 Å². The summed E-state index contributed by atoms with van der Waals surface area (Å²) in [5.74, 6) is 0. The zero-order valence-electron chi connectivity index (χ0n) is 34.9. The number of aromatic nitrogens is 2. The maximum atomic E-state index is 2.46. The normalized spacial score (nSPS) is 12.1. The van der Waals surface area contributed by atoms with Crippen molar-refractivity contribution in [2.45, 2.75) is 0 Å². The molecule has 10 aromatic carbocycles. The van der Waals surface area contributed by atoms with Gasteiger partial charge in [0.15, 0.2) is 8.07 Å². The molecule has 0 saturated carbocycles. The Kier molecular flexibility index (Phi) is 8.45. The number of hydrogen-bond acceptors (Lipinski definition) is 1. The Labute approximate surface area is 376 Å². The van der Waals surface area contributed by atoms with Gasteiger partial charge in [0.25, 0.3) is 0 Å². The van der Waals surface area contributed by atoms with Crippen LogP contribution in [-0.2, 0) is 0 Å². The van der Waals surface area contributed by atoms with Crippen molar-refractivity contribution in [2.75, 3.05) is 0 Å². The van der Waals surface area contributed by atoms with Gasteiger partial charge >= 0.3 is 0 Å². The molecular weight excluding hydrogens is 809 g/mol. The van der Waals surface area contributed by atoms with Crippen molar-refractivity contribution < 1.29 is 0 Å². The summed E-state index contributed by atoms with van der Waals surface area (Å²) in [5.41, 5.74) is 9.53. The SMILES string of the molecule is c1ccc([Si](c2ccccc2)(c2ccccc2)c2ccc(-n3c4ccccc4c4ccc(-n5c6ccccc6c6cc(-c7ccc8c(c7)sc7ccccc78)ccc65)cc43)cc2)cc1. The Bertz CT molecular complexity index is 3790. The van der Waals surface area contributed by atoms with E-state index in [9.17, 15) is 0 Å². The topological polar surface area (TPSA) is 9.86 Å². The van der Waals surface area contributed by atoms with E-state index in [1.54, 1.807) is 0 Å². The predicted octanol–water partition coefficient (Wildman–Crippen LogP) is 13.3. The van der Waals surface area contributed by atoms with Crippen LogP contribution in [-0.4, -0.2) is 17.2 Å². The maximum Gasteiger partial charge on any atom is 0.179 e. The van der Waals surface area contributed by atoms with E-state index in [2.05, 4.69) is 252 Å². The van der Waals surface area contributed by atoms with Crippen LogP contribution in [0.1, 0.15) is 0 Å². The molecule has 0 spiro atoms. The molecule has 13 rings (SSSR count). The molecule has 0 saturated heterocycles. The van der Waals surface area contributed by atoms with Crippen molar-refractivity contribution in [3.63, 3.8) is 0 Å². The first-order valence-corrected chi connectivity index (χ1v) is 24.8. The van der Waals surface area contributed by atoms with E-state index in [0.29, 0.717) is 0 Å². The number of hydrogen-bond donors (Lipinski definition) is 0. The second kappa shape index (κ2) is 14.7. The minimum Gasteiger partial charge on any atom is -0.309 e. The molecule has 4 heteroatoms. The fourth-order valence-electron chi connectivity index (χ4n) is 10.6. The molecule has 0 aliphatic rings. The summed E-state index contributed by atoms with van der Waals surface area (Å²) in [6.45, 7) is 0. The Balaban J connectivity index is 0.975. The van der Waals surface area contributed by atoms with E-state index in [4.69, 9.17) is 0 Å². The van der Waals surface area contributed by atoms with Crippen LogP contribution in [0.4, 0.5) is 0 Å². The lowest BCUT2D eigenvalue weighted by Gasteiger charge is -2.34. The molecule has 3 heterocycles. The molecule has 0 unspecified atom stereocenters. The number of thiophene rings is 1. The molecule has 0 amide bonds. The lowest BCUT2D eigenvalue weighted by atomic mass is 10.0. The van der Waals surface area contributed by atoms with E-state index >= 15 is 0 Å². The molecule has 0 radical (unpaired) electrons. The summed E-state index contributed by atoms with van der Waals surface area (Å²) in [6.07, 6.45) is 0. The van der Waals surface area contributed by atoms with Crippen LogP contribution in [0, 0.1) is 0 Å². The average molecular weight is 849 g/mol. The summed E-state index contributed by atoms with van der Waals surface area (Å²) < 4.78 is 7.57. The summed E-state index contributed by atoms with van der Waals surface area (Å²) in [4.78, 5) is 0. The summed E-state index contributed by atoms with van der Waals surface area (Å²) >= 11 is 1.87. The van der Waals surface area contributed by atoms with E-state index < -0.39 is 8.07 Å². The molecule has 0 fully saturated rings. The molecule has 0 N–H and O–H groups in total. The lowest BCUT2D eigenvalue weighted by molar-refractivity contribution is 1.16. The monoisotopic (exact) mass is 848 g/mol. The second-order valence-corrected chi connectivity index (χ2v) is 21.7. The molecule has 0 aliphatic carbocycles. The number of benzene rings is 10. The molecule has 0 atom stereocenters. The van der Waals surface area contributed by atoms with E-state index in [1.807, 2.05) is 11.3 Å². The van der Waals surface area contributed by atoms with Crippen LogP contribution >= 0.6 is 11.3 Å². The summed E-state index contributed by atoms with van der Waals surface area (Å²) in [7, 11) is -2.67. The third-order valence-corrected chi connectivity index (χ3v) is 19.4. The first-order chi connectivity index (χ1) is 31.7. The Morgan fingerprint density at radius 3 is 1.36 bits per heavy atom. The van der Waals surface area contributed by atoms with Crippen molar-refractivity contribution in [1.29, 1.82) is 0 Å². The largest absolute Gasteiger partial charge is 0.309 e. The van der Waals surface area contributed by atoms with Gasteiger partial charge in [-0.15, -0.1) is 11.3 Å². The summed E-state index contributed by atoms with van der Waals surface area (Å²) in [6, 6.07) is 90.4. The molecule has 13 aromatic rings. The van der Waals surface area contributed by atoms with E-state index in [1.165, 1.54) is 95.7 Å². The first-order valence-electron chi connectivity index (χ1n) is 22.0. The Morgan fingerprint density at radius 2 is 0.703 bits per heavy atom. The predicted molar refractivity (Wildman–Crippen MR) is 277 cm³/mol. The molecule has 0 bridgehead atoms. The van der Waals surface area contributed by atoms with Crippen LogP contribution in [0.5, 0.6) is 0 Å². The van der Waals surface area contributed by atoms with Gasteiger partial charge in [0.2, 0.25) is 0 Å². The third-order valence-electron chi connectivity index (χ3n) is 13.5. The van der Waals surface area contributed by atoms with Gasteiger partial charge in [0.1, 0.15) is 0 Å². The van der Waals surface area contributed by atoms with Gasteiger partial charge in [-0.1, -0.05) is 182 Å². The minimum absolute atomic E-state index is 1.14. The van der Waals surface area contributed by atoms with Crippen molar-refractivity contribution >= 4 is 104 Å².